The van der Waals surface area contributed by atoms with Crippen LogP contribution in [0.4, 0.5) is 0 Å². The first-order chi connectivity index (χ1) is 14.0. The second kappa shape index (κ2) is 7.43. The zero-order chi connectivity index (χ0) is 20.5. The lowest BCUT2D eigenvalue weighted by Gasteiger charge is -2.09. The molecule has 0 aliphatic heterocycles. The molecule has 4 rings (SSSR count). The van der Waals surface area contributed by atoms with E-state index in [9.17, 15) is 9.59 Å². The van der Waals surface area contributed by atoms with Gasteiger partial charge in [0.2, 0.25) is 0 Å². The van der Waals surface area contributed by atoms with Gasteiger partial charge in [0.1, 0.15) is 22.7 Å². The summed E-state index contributed by atoms with van der Waals surface area (Å²) in [6.45, 7) is 5.68. The highest BCUT2D eigenvalue weighted by atomic mass is 16.5. The zero-order valence-corrected chi connectivity index (χ0v) is 16.4. The van der Waals surface area contributed by atoms with Gasteiger partial charge < -0.3 is 13.9 Å². The van der Waals surface area contributed by atoms with Crippen LogP contribution in [-0.4, -0.2) is 18.5 Å². The smallest absolute Gasteiger partial charge is 0.343 e. The van der Waals surface area contributed by atoms with Gasteiger partial charge in [-0.3, -0.25) is 0 Å². The number of hydrogen-bond acceptors (Lipinski definition) is 5. The zero-order valence-electron chi connectivity index (χ0n) is 16.4. The van der Waals surface area contributed by atoms with Crippen molar-refractivity contribution in [2.45, 2.75) is 20.8 Å². The van der Waals surface area contributed by atoms with Crippen molar-refractivity contribution in [3.63, 3.8) is 0 Å². The van der Waals surface area contributed by atoms with Crippen molar-refractivity contribution in [2.24, 2.45) is 0 Å². The van der Waals surface area contributed by atoms with Crippen molar-refractivity contribution < 1.29 is 23.5 Å². The molecule has 1 heterocycles. The lowest BCUT2D eigenvalue weighted by molar-refractivity contribution is 0.0526. The van der Waals surface area contributed by atoms with Crippen LogP contribution in [0.1, 0.15) is 39.0 Å². The Labute approximate surface area is 167 Å². The maximum Gasteiger partial charge on any atom is 0.343 e. The maximum atomic E-state index is 12.7. The molecule has 0 aliphatic rings. The molecular weight excluding hydrogens is 368 g/mol. The molecule has 5 nitrogen and oxygen atoms in total. The summed E-state index contributed by atoms with van der Waals surface area (Å²) in [6, 6.07) is 16.3. The van der Waals surface area contributed by atoms with Gasteiger partial charge in [-0.25, -0.2) is 9.59 Å². The molecule has 0 fully saturated rings. The van der Waals surface area contributed by atoms with Crippen molar-refractivity contribution in [2.75, 3.05) is 6.61 Å². The Kier molecular flexibility index (Phi) is 4.80. The molecule has 1 aromatic heterocycles. The number of aryl methyl sites for hydroxylation is 2. The third-order valence-corrected chi connectivity index (χ3v) is 4.80. The first kappa shape index (κ1) is 18.7. The fourth-order valence-electron chi connectivity index (χ4n) is 3.39. The molecule has 3 aromatic carbocycles. The van der Waals surface area contributed by atoms with Crippen molar-refractivity contribution in [1.82, 2.24) is 0 Å². The molecule has 0 unspecified atom stereocenters. The summed E-state index contributed by atoms with van der Waals surface area (Å²) in [5, 5.41) is 2.05. The van der Waals surface area contributed by atoms with Crippen molar-refractivity contribution in [1.29, 1.82) is 0 Å². The number of benzene rings is 3. The molecule has 0 atom stereocenters. The second-order valence-electron chi connectivity index (χ2n) is 6.81. The summed E-state index contributed by atoms with van der Waals surface area (Å²) in [4.78, 5) is 25.2. The summed E-state index contributed by atoms with van der Waals surface area (Å²) in [5.74, 6) is -0.0992. The predicted molar refractivity (Wildman–Crippen MR) is 111 cm³/mol. The average molecular weight is 388 g/mol. The predicted octanol–water partition coefficient (Wildman–Crippen LogP) is 5.60. The third-order valence-electron chi connectivity index (χ3n) is 4.80. The summed E-state index contributed by atoms with van der Waals surface area (Å²) < 4.78 is 16.8. The molecule has 4 aromatic rings. The number of carbonyl (C=O) groups excluding carboxylic acids is 2. The van der Waals surface area contributed by atoms with E-state index < -0.39 is 11.9 Å². The van der Waals surface area contributed by atoms with Crippen LogP contribution in [0.3, 0.4) is 0 Å². The van der Waals surface area contributed by atoms with Gasteiger partial charge in [-0.1, -0.05) is 42.0 Å². The first-order valence-corrected chi connectivity index (χ1v) is 9.40. The van der Waals surface area contributed by atoms with E-state index in [4.69, 9.17) is 13.9 Å². The number of esters is 2. The number of furan rings is 1. The van der Waals surface area contributed by atoms with Crippen LogP contribution < -0.4 is 4.74 Å². The summed E-state index contributed by atoms with van der Waals surface area (Å²) in [5.41, 5.74) is 2.42. The van der Waals surface area contributed by atoms with Crippen LogP contribution in [0, 0.1) is 13.8 Å². The molecule has 0 spiro atoms. The molecular formula is C24H20O5. The molecule has 0 saturated carbocycles. The van der Waals surface area contributed by atoms with Gasteiger partial charge >= 0.3 is 11.9 Å². The van der Waals surface area contributed by atoms with Crippen LogP contribution >= 0.6 is 0 Å². The van der Waals surface area contributed by atoms with Crippen molar-refractivity contribution >= 4 is 33.7 Å². The lowest BCUT2D eigenvalue weighted by Crippen LogP contribution is -2.09. The van der Waals surface area contributed by atoms with E-state index in [0.29, 0.717) is 33.6 Å². The van der Waals surface area contributed by atoms with Gasteiger partial charge in [-0.05, 0) is 39.0 Å². The van der Waals surface area contributed by atoms with Crippen molar-refractivity contribution in [3.8, 4) is 5.75 Å². The van der Waals surface area contributed by atoms with Crippen LogP contribution in [0.2, 0.25) is 0 Å². The topological polar surface area (TPSA) is 65.7 Å². The van der Waals surface area contributed by atoms with Crippen LogP contribution in [0.5, 0.6) is 5.75 Å². The van der Waals surface area contributed by atoms with Gasteiger partial charge in [0, 0.05) is 16.2 Å². The van der Waals surface area contributed by atoms with Gasteiger partial charge in [-0.2, -0.15) is 0 Å². The molecule has 0 saturated heterocycles. The quantitative estimate of drug-likeness (QED) is 0.336. The Hall–Kier alpha value is -3.60. The van der Waals surface area contributed by atoms with Crippen molar-refractivity contribution in [3.05, 3.63) is 77.0 Å². The van der Waals surface area contributed by atoms with E-state index >= 15 is 0 Å². The van der Waals surface area contributed by atoms with Gasteiger partial charge in [0.15, 0.2) is 0 Å². The van der Waals surface area contributed by atoms with E-state index in [1.54, 1.807) is 32.0 Å². The molecule has 29 heavy (non-hydrogen) atoms. The Balaban J connectivity index is 1.88. The van der Waals surface area contributed by atoms with Crippen LogP contribution in [0.25, 0.3) is 21.7 Å². The second-order valence-corrected chi connectivity index (χ2v) is 6.81. The molecule has 5 heteroatoms. The number of fused-ring (bicyclic) bond motifs is 3. The molecule has 0 bridgehead atoms. The van der Waals surface area contributed by atoms with E-state index in [1.807, 2.05) is 43.3 Å². The summed E-state index contributed by atoms with van der Waals surface area (Å²) >= 11 is 0. The van der Waals surface area contributed by atoms with E-state index in [2.05, 4.69) is 0 Å². The number of carbonyl (C=O) groups is 2. The third kappa shape index (κ3) is 3.36. The molecule has 0 N–H and O–H groups in total. The van der Waals surface area contributed by atoms with E-state index in [0.717, 1.165) is 16.3 Å². The SMILES string of the molecule is CCOC(=O)c1c(C)oc2c1cc(OC(=O)c1ccc(C)cc1)c1ccccc12. The minimum Gasteiger partial charge on any atom is -0.462 e. The number of hydrogen-bond donors (Lipinski definition) is 0. The standard InChI is InChI=1S/C24H20O5/c1-4-27-24(26)21-15(3)28-22-18-8-6-5-7-17(18)20(13-19(21)22)29-23(25)16-11-9-14(2)10-12-16/h5-13H,4H2,1-3H3. The Bertz CT molecular complexity index is 1230. The average Bonchev–Trinajstić information content (AvgIpc) is 3.05. The van der Waals surface area contributed by atoms with Crippen LogP contribution in [0.15, 0.2) is 59.0 Å². The number of rotatable bonds is 4. The van der Waals surface area contributed by atoms with E-state index in [-0.39, 0.29) is 6.61 Å². The normalized spacial score (nSPS) is 11.0. The fraction of sp³-hybridized carbons (Fsp3) is 0.167. The van der Waals surface area contributed by atoms with Gasteiger partial charge in [0.25, 0.3) is 0 Å². The number of ether oxygens (including phenoxy) is 2. The van der Waals surface area contributed by atoms with Gasteiger partial charge in [0.05, 0.1) is 12.2 Å². The minimum atomic E-state index is -0.465. The first-order valence-electron chi connectivity index (χ1n) is 9.40. The van der Waals surface area contributed by atoms with Crippen LogP contribution in [-0.2, 0) is 4.74 Å². The monoisotopic (exact) mass is 388 g/mol. The highest BCUT2D eigenvalue weighted by Crippen LogP contribution is 2.38. The summed E-state index contributed by atoms with van der Waals surface area (Å²) in [7, 11) is 0. The molecule has 0 aliphatic carbocycles. The molecule has 146 valence electrons. The van der Waals surface area contributed by atoms with E-state index in [1.165, 1.54) is 0 Å². The molecule has 0 amide bonds. The Morgan fingerprint density at radius 2 is 1.59 bits per heavy atom. The molecule has 0 radical (unpaired) electrons. The fourth-order valence-corrected chi connectivity index (χ4v) is 3.39. The highest BCUT2D eigenvalue weighted by Gasteiger charge is 2.23. The summed E-state index contributed by atoms with van der Waals surface area (Å²) in [6.07, 6.45) is 0. The lowest BCUT2D eigenvalue weighted by atomic mass is 10.0. The highest BCUT2D eigenvalue weighted by molar-refractivity contribution is 6.15. The Morgan fingerprint density at radius 3 is 2.28 bits per heavy atom. The minimum absolute atomic E-state index is 0.258. The maximum absolute atomic E-state index is 12.7. The van der Waals surface area contributed by atoms with Gasteiger partial charge in [-0.15, -0.1) is 0 Å². The largest absolute Gasteiger partial charge is 0.462 e. The Morgan fingerprint density at radius 1 is 0.897 bits per heavy atom.